The van der Waals surface area contributed by atoms with Gasteiger partial charge < -0.3 is 53.2 Å². The first-order valence-electron chi connectivity index (χ1n) is 30.8. The number of ether oxygens (including phenoxy) is 8. The number of hydrogen-bond acceptors (Lipinski definition) is 14. The number of methoxy groups -OCH3 is 3. The van der Waals surface area contributed by atoms with Crippen LogP contribution in [0.2, 0.25) is 0 Å². The molecule has 1 unspecified atom stereocenters. The van der Waals surface area contributed by atoms with Crippen LogP contribution in [0.15, 0.2) is 146 Å². The summed E-state index contributed by atoms with van der Waals surface area (Å²) in [7, 11) is 4.97. The second-order valence-corrected chi connectivity index (χ2v) is 21.5. The summed E-state index contributed by atoms with van der Waals surface area (Å²) in [5.74, 6) is 6.49. The summed E-state index contributed by atoms with van der Waals surface area (Å²) in [5.41, 5.74) is 3.43. The first kappa shape index (κ1) is 59.4. The van der Waals surface area contributed by atoms with Crippen LogP contribution in [0, 0.1) is 0 Å². The van der Waals surface area contributed by atoms with E-state index in [2.05, 4.69) is 74.2 Å². The number of aromatic nitrogens is 2. The van der Waals surface area contributed by atoms with E-state index in [1.165, 1.54) is 0 Å². The van der Waals surface area contributed by atoms with Crippen molar-refractivity contribution in [2.45, 2.75) is 105 Å². The zero-order valence-corrected chi connectivity index (χ0v) is 51.2. The first-order chi connectivity index (χ1) is 42.9. The Morgan fingerprint density at radius 1 is 0.368 bits per heavy atom. The molecule has 3 N–H and O–H groups in total. The summed E-state index contributed by atoms with van der Waals surface area (Å²) in [6.45, 7) is 13.0. The lowest BCUT2D eigenvalue weighted by atomic mass is 9.96. The van der Waals surface area contributed by atoms with Crippen molar-refractivity contribution in [1.82, 2.24) is 9.97 Å². The Kier molecular flexibility index (Phi) is 19.0. The Hall–Kier alpha value is -9.31. The Labute approximate surface area is 508 Å². The van der Waals surface area contributed by atoms with Gasteiger partial charge in [-0.25, -0.2) is 25.0 Å². The smallest absolute Gasteiger partial charge is 0.168 e. The summed E-state index contributed by atoms with van der Waals surface area (Å²) >= 11 is 0. The van der Waals surface area contributed by atoms with Crippen LogP contribution in [-0.4, -0.2) is 81.8 Å². The number of benzene rings is 4. The standard InChI is InChI=1S/C71H78N8O8/c1-9-14-39-83-51-38-26-22-21-25-37-50(82-8)54-55(51)67-73-66(54)76-70-57-56(60(84-40-15-10-2)44-31-27-28-32-45(44)61(57)85-41-16-11-3)68(78-70)74-64-52-48(80-6)35-23-19-20-24-36-49(81-7)53(52)65(72-64)75-69-58-59(71(77-67)79-69)63(87-43-18-13-5)47-34-30-29-33-46(47)62(58)86-42-17-12-4/h19-38,68,72,74H,9-18,39-43H2,1-8H3,(H,73,75,76,77,78,79). The number of nitrogens with one attached hydrogen (secondary N) is 3. The van der Waals surface area contributed by atoms with Crippen molar-refractivity contribution < 1.29 is 37.9 Å². The van der Waals surface area contributed by atoms with Gasteiger partial charge >= 0.3 is 0 Å². The van der Waals surface area contributed by atoms with Crippen molar-refractivity contribution in [3.05, 3.63) is 155 Å². The predicted molar refractivity (Wildman–Crippen MR) is 349 cm³/mol. The molecule has 3 aliphatic rings. The molecule has 11 rings (SSSR count). The molecule has 0 saturated carbocycles. The maximum atomic E-state index is 7.05. The second-order valence-electron chi connectivity index (χ2n) is 21.5. The molecular weight excluding hydrogens is 1090 g/mol. The van der Waals surface area contributed by atoms with Gasteiger partial charge in [0, 0.05) is 21.5 Å². The lowest BCUT2D eigenvalue weighted by Crippen LogP contribution is -2.16. The fraction of sp³-hybridized carbons (Fsp3) is 0.338. The van der Waals surface area contributed by atoms with Crippen LogP contribution >= 0.6 is 0 Å². The molecule has 0 spiro atoms. The minimum Gasteiger partial charge on any atom is -0.496 e. The van der Waals surface area contributed by atoms with E-state index in [1.54, 1.807) is 21.3 Å². The van der Waals surface area contributed by atoms with Crippen LogP contribution in [0.4, 0.5) is 11.6 Å². The molecule has 87 heavy (non-hydrogen) atoms. The highest BCUT2D eigenvalue weighted by atomic mass is 16.5. The Morgan fingerprint density at radius 2 is 0.759 bits per heavy atom. The van der Waals surface area contributed by atoms with Gasteiger partial charge in [0.05, 0.1) is 98.2 Å². The zero-order chi connectivity index (χ0) is 60.2. The molecule has 6 aromatic carbocycles. The maximum Gasteiger partial charge on any atom is 0.168 e. The number of fused-ring (bicyclic) bond motifs is 20. The molecular formula is C71H78N8O8. The van der Waals surface area contributed by atoms with Crippen molar-refractivity contribution in [1.29, 1.82) is 0 Å². The van der Waals surface area contributed by atoms with E-state index in [4.69, 9.17) is 62.9 Å². The third-order valence-electron chi connectivity index (χ3n) is 15.6. The highest BCUT2D eigenvalue weighted by Crippen LogP contribution is 2.52. The van der Waals surface area contributed by atoms with Crippen molar-refractivity contribution in [3.8, 4) is 46.0 Å². The molecule has 5 heterocycles. The molecule has 0 aliphatic carbocycles. The minimum absolute atomic E-state index is 0.317. The fourth-order valence-corrected chi connectivity index (χ4v) is 11.2. The Morgan fingerprint density at radius 3 is 1.25 bits per heavy atom. The number of H-pyrrole nitrogens is 2. The number of aromatic amines is 2. The highest BCUT2D eigenvalue weighted by Gasteiger charge is 2.38. The molecule has 0 saturated heterocycles. The largest absolute Gasteiger partial charge is 0.496 e. The van der Waals surface area contributed by atoms with E-state index >= 15 is 0 Å². The van der Waals surface area contributed by atoms with Crippen molar-refractivity contribution in [2.75, 3.05) is 59.7 Å². The zero-order valence-electron chi connectivity index (χ0n) is 51.2. The van der Waals surface area contributed by atoms with Crippen molar-refractivity contribution >= 4 is 72.2 Å². The third-order valence-corrected chi connectivity index (χ3v) is 15.6. The normalized spacial score (nSPS) is 13.7. The number of rotatable bonds is 23. The average molecular weight is 1170 g/mol. The lowest BCUT2D eigenvalue weighted by molar-refractivity contribution is 0.303. The molecule has 2 aromatic heterocycles. The van der Waals surface area contributed by atoms with E-state index < -0.39 is 6.17 Å². The van der Waals surface area contributed by atoms with Gasteiger partial charge in [-0.05, 0) is 56.4 Å². The topological polar surface area (TPSA) is 179 Å². The summed E-state index contributed by atoms with van der Waals surface area (Å²) in [5, 5.41) is 9.77. The quantitative estimate of drug-likeness (QED) is 0.0526. The Balaban J connectivity index is 1.39. The summed E-state index contributed by atoms with van der Waals surface area (Å²) in [4.78, 5) is 35.9. The van der Waals surface area contributed by atoms with Gasteiger partial charge in [0.1, 0.15) is 68.6 Å². The maximum absolute atomic E-state index is 7.05. The van der Waals surface area contributed by atoms with Gasteiger partial charge in [-0.15, -0.1) is 0 Å². The van der Waals surface area contributed by atoms with Gasteiger partial charge in [-0.3, -0.25) is 0 Å². The van der Waals surface area contributed by atoms with E-state index in [9.17, 15) is 0 Å². The van der Waals surface area contributed by atoms with Gasteiger partial charge in [-0.1, -0.05) is 164 Å². The molecule has 16 nitrogen and oxygen atoms in total. The summed E-state index contributed by atoms with van der Waals surface area (Å²) in [6.07, 6.45) is 7.82. The van der Waals surface area contributed by atoms with Gasteiger partial charge in [0.25, 0.3) is 0 Å². The summed E-state index contributed by atoms with van der Waals surface area (Å²) < 4.78 is 54.3. The number of hydrogen-bond donors (Lipinski definition) is 3. The predicted octanol–water partition coefficient (Wildman–Crippen LogP) is 15.8. The molecule has 0 amide bonds. The lowest BCUT2D eigenvalue weighted by Gasteiger charge is -2.22. The van der Waals surface area contributed by atoms with Crippen molar-refractivity contribution in [3.63, 3.8) is 0 Å². The van der Waals surface area contributed by atoms with Crippen LogP contribution in [0.1, 0.15) is 127 Å². The van der Waals surface area contributed by atoms with Crippen LogP contribution in [-0.2, 0) is 0 Å². The SMILES string of the molecule is CCCCOc1c2c(c(OCCCC)c3ccccc13)C1=Nc3[nH]c(c4c(OC)ccccccc(OC)c34)NC3N=C(N=c4[nH]c(c5c(OCCCC)ccccccc(OC)c45)=NC2=N1)c1c3c(OCCCC)c2ccccc2c1OCCCC. The molecule has 0 fully saturated rings. The average Bonchev–Trinajstić information content (AvgIpc) is 1.74. The molecule has 1 atom stereocenters. The number of amidine groups is 3. The second kappa shape index (κ2) is 27.8. The number of anilines is 1. The fourth-order valence-electron chi connectivity index (χ4n) is 11.2. The first-order valence-corrected chi connectivity index (χ1v) is 30.8. The summed E-state index contributed by atoms with van der Waals surface area (Å²) in [6, 6.07) is 39.7. The van der Waals surface area contributed by atoms with Gasteiger partial charge in [0.15, 0.2) is 23.7 Å². The highest BCUT2D eigenvalue weighted by molar-refractivity contribution is 6.29. The van der Waals surface area contributed by atoms with E-state index in [0.717, 1.165) is 91.3 Å². The van der Waals surface area contributed by atoms with Gasteiger partial charge in [0.2, 0.25) is 0 Å². The van der Waals surface area contributed by atoms with E-state index in [0.29, 0.717) is 157 Å². The molecule has 8 aromatic rings. The third kappa shape index (κ3) is 11.9. The van der Waals surface area contributed by atoms with Crippen LogP contribution < -0.4 is 54.2 Å². The van der Waals surface area contributed by atoms with E-state index in [1.807, 2.05) is 97.1 Å². The monoisotopic (exact) mass is 1170 g/mol. The number of nitrogens with zero attached hydrogens (tertiary/aromatic N) is 5. The van der Waals surface area contributed by atoms with E-state index in [-0.39, 0.29) is 0 Å². The number of aliphatic imine (C=N–C) groups is 3. The molecule has 0 radical (unpaired) electrons. The molecule has 3 aliphatic heterocycles. The molecule has 8 bridgehead atoms. The van der Waals surface area contributed by atoms with Gasteiger partial charge in [-0.2, -0.15) is 0 Å². The molecule has 450 valence electrons. The number of unbranched alkanes of at least 4 members (excludes halogenated alkanes) is 5. The molecule has 16 heteroatoms. The van der Waals surface area contributed by atoms with Crippen LogP contribution in [0.5, 0.6) is 46.0 Å². The van der Waals surface area contributed by atoms with Crippen LogP contribution in [0.25, 0.3) is 43.1 Å². The van der Waals surface area contributed by atoms with Crippen molar-refractivity contribution in [2.24, 2.45) is 25.0 Å². The minimum atomic E-state index is -0.862. The van der Waals surface area contributed by atoms with Crippen LogP contribution in [0.3, 0.4) is 0 Å². The Bertz CT molecular complexity index is 4220.